The standard InChI is InChI=1S/C13H14BrClN2/c1-3-11-12(15)13(17(4-2)16-11)9-5-7-10(14)8-6-9/h5-8H,3-4H2,1-2H3. The molecule has 0 bridgehead atoms. The summed E-state index contributed by atoms with van der Waals surface area (Å²) in [7, 11) is 0. The van der Waals surface area contributed by atoms with E-state index in [2.05, 4.69) is 47.0 Å². The van der Waals surface area contributed by atoms with Gasteiger partial charge in [0.15, 0.2) is 0 Å². The second kappa shape index (κ2) is 5.23. The minimum atomic E-state index is 0.775. The molecule has 17 heavy (non-hydrogen) atoms. The van der Waals surface area contributed by atoms with Gasteiger partial charge in [-0.2, -0.15) is 5.10 Å². The molecular formula is C13H14BrClN2. The zero-order valence-corrected chi connectivity index (χ0v) is 12.2. The van der Waals surface area contributed by atoms with Crippen molar-refractivity contribution < 1.29 is 0 Å². The summed E-state index contributed by atoms with van der Waals surface area (Å²) in [4.78, 5) is 0. The van der Waals surface area contributed by atoms with Gasteiger partial charge in [0.05, 0.1) is 16.4 Å². The Morgan fingerprint density at radius 2 is 1.88 bits per heavy atom. The van der Waals surface area contributed by atoms with Gasteiger partial charge in [0.2, 0.25) is 0 Å². The minimum absolute atomic E-state index is 0.775. The zero-order valence-electron chi connectivity index (χ0n) is 9.87. The Morgan fingerprint density at radius 3 is 2.41 bits per heavy atom. The number of aryl methyl sites for hydroxylation is 2. The van der Waals surface area contributed by atoms with Gasteiger partial charge < -0.3 is 0 Å². The van der Waals surface area contributed by atoms with Crippen LogP contribution in [0.1, 0.15) is 19.5 Å². The first-order chi connectivity index (χ1) is 8.17. The van der Waals surface area contributed by atoms with E-state index >= 15 is 0 Å². The Bertz CT molecular complexity index is 517. The molecule has 0 aliphatic heterocycles. The summed E-state index contributed by atoms with van der Waals surface area (Å²) in [6.07, 6.45) is 0.857. The van der Waals surface area contributed by atoms with Crippen LogP contribution in [0.5, 0.6) is 0 Å². The molecule has 0 N–H and O–H groups in total. The molecule has 0 saturated heterocycles. The maximum atomic E-state index is 6.39. The van der Waals surface area contributed by atoms with Crippen LogP contribution in [0, 0.1) is 0 Å². The molecule has 2 aromatic rings. The Morgan fingerprint density at radius 1 is 1.24 bits per heavy atom. The monoisotopic (exact) mass is 312 g/mol. The maximum absolute atomic E-state index is 6.39. The van der Waals surface area contributed by atoms with Gasteiger partial charge >= 0.3 is 0 Å². The van der Waals surface area contributed by atoms with Crippen molar-refractivity contribution in [3.8, 4) is 11.3 Å². The van der Waals surface area contributed by atoms with Gasteiger partial charge in [-0.3, -0.25) is 4.68 Å². The van der Waals surface area contributed by atoms with E-state index in [1.807, 2.05) is 16.8 Å². The molecule has 1 aromatic carbocycles. The normalized spacial score (nSPS) is 10.8. The molecule has 2 rings (SSSR count). The third kappa shape index (κ3) is 2.40. The molecule has 0 atom stereocenters. The summed E-state index contributed by atoms with van der Waals surface area (Å²) in [6, 6.07) is 8.14. The van der Waals surface area contributed by atoms with Gasteiger partial charge in [0.25, 0.3) is 0 Å². The highest BCUT2D eigenvalue weighted by Crippen LogP contribution is 2.31. The van der Waals surface area contributed by atoms with E-state index in [0.717, 1.165) is 39.4 Å². The largest absolute Gasteiger partial charge is 0.263 e. The van der Waals surface area contributed by atoms with Gasteiger partial charge in [-0.05, 0) is 25.5 Å². The fourth-order valence-electron chi connectivity index (χ4n) is 1.83. The van der Waals surface area contributed by atoms with Crippen molar-refractivity contribution in [2.24, 2.45) is 0 Å². The highest BCUT2D eigenvalue weighted by Gasteiger charge is 2.15. The second-order valence-electron chi connectivity index (χ2n) is 3.79. The van der Waals surface area contributed by atoms with Crippen LogP contribution in [-0.2, 0) is 13.0 Å². The second-order valence-corrected chi connectivity index (χ2v) is 5.08. The number of halogens is 2. The van der Waals surface area contributed by atoms with Crippen LogP contribution in [0.25, 0.3) is 11.3 Å². The number of nitrogens with zero attached hydrogens (tertiary/aromatic N) is 2. The minimum Gasteiger partial charge on any atom is -0.263 e. The highest BCUT2D eigenvalue weighted by molar-refractivity contribution is 9.10. The molecule has 90 valence electrons. The van der Waals surface area contributed by atoms with Crippen molar-refractivity contribution in [3.63, 3.8) is 0 Å². The SMILES string of the molecule is CCc1nn(CC)c(-c2ccc(Br)cc2)c1Cl. The highest BCUT2D eigenvalue weighted by atomic mass is 79.9. The number of hydrogen-bond donors (Lipinski definition) is 0. The summed E-state index contributed by atoms with van der Waals surface area (Å²) in [5, 5.41) is 5.29. The summed E-state index contributed by atoms with van der Waals surface area (Å²) < 4.78 is 3.03. The molecule has 2 nitrogen and oxygen atoms in total. The smallest absolute Gasteiger partial charge is 0.0897 e. The third-order valence-electron chi connectivity index (χ3n) is 2.71. The van der Waals surface area contributed by atoms with E-state index in [0.29, 0.717) is 0 Å². The van der Waals surface area contributed by atoms with Gasteiger partial charge in [0, 0.05) is 16.6 Å². The fraction of sp³-hybridized carbons (Fsp3) is 0.308. The van der Waals surface area contributed by atoms with E-state index in [1.165, 1.54) is 0 Å². The van der Waals surface area contributed by atoms with E-state index < -0.39 is 0 Å². The first kappa shape index (κ1) is 12.7. The number of benzene rings is 1. The predicted molar refractivity (Wildman–Crippen MR) is 75.4 cm³/mol. The lowest BCUT2D eigenvalue weighted by atomic mass is 10.1. The molecule has 4 heteroatoms. The topological polar surface area (TPSA) is 17.8 Å². The van der Waals surface area contributed by atoms with Crippen molar-refractivity contribution in [3.05, 3.63) is 39.5 Å². The van der Waals surface area contributed by atoms with Crippen molar-refractivity contribution in [1.29, 1.82) is 0 Å². The van der Waals surface area contributed by atoms with Crippen LogP contribution in [0.3, 0.4) is 0 Å². The Labute approximate surface area is 115 Å². The molecule has 0 spiro atoms. The first-order valence-corrected chi connectivity index (χ1v) is 6.85. The zero-order chi connectivity index (χ0) is 12.4. The molecule has 0 unspecified atom stereocenters. The number of rotatable bonds is 3. The fourth-order valence-corrected chi connectivity index (χ4v) is 2.47. The van der Waals surface area contributed by atoms with Crippen molar-refractivity contribution >= 4 is 27.5 Å². The Kier molecular flexibility index (Phi) is 3.89. The van der Waals surface area contributed by atoms with Gasteiger partial charge in [-0.1, -0.05) is 46.6 Å². The summed E-state index contributed by atoms with van der Waals surface area (Å²) in [6.45, 7) is 4.97. The van der Waals surface area contributed by atoms with Crippen LogP contribution in [0.4, 0.5) is 0 Å². The first-order valence-electron chi connectivity index (χ1n) is 5.68. The van der Waals surface area contributed by atoms with E-state index in [4.69, 9.17) is 11.6 Å². The molecule has 0 aliphatic rings. The summed E-state index contributed by atoms with van der Waals surface area (Å²) >= 11 is 9.82. The lowest BCUT2D eigenvalue weighted by molar-refractivity contribution is 0.655. The lowest BCUT2D eigenvalue weighted by Gasteiger charge is -2.05. The molecule has 0 radical (unpaired) electrons. The number of aromatic nitrogens is 2. The van der Waals surface area contributed by atoms with Gasteiger partial charge in [-0.25, -0.2) is 0 Å². The average molecular weight is 314 g/mol. The lowest BCUT2D eigenvalue weighted by Crippen LogP contribution is -1.99. The maximum Gasteiger partial charge on any atom is 0.0897 e. The van der Waals surface area contributed by atoms with E-state index in [1.54, 1.807) is 0 Å². The van der Waals surface area contributed by atoms with Crippen LogP contribution in [0.2, 0.25) is 5.02 Å². The molecular weight excluding hydrogens is 300 g/mol. The molecule has 0 fully saturated rings. The number of hydrogen-bond acceptors (Lipinski definition) is 1. The quantitative estimate of drug-likeness (QED) is 0.813. The molecule has 1 aromatic heterocycles. The third-order valence-corrected chi connectivity index (χ3v) is 3.64. The van der Waals surface area contributed by atoms with Crippen LogP contribution < -0.4 is 0 Å². The van der Waals surface area contributed by atoms with Crippen LogP contribution in [0.15, 0.2) is 28.7 Å². The van der Waals surface area contributed by atoms with Gasteiger partial charge in [0.1, 0.15) is 0 Å². The van der Waals surface area contributed by atoms with Gasteiger partial charge in [-0.15, -0.1) is 0 Å². The molecule has 1 heterocycles. The summed E-state index contributed by atoms with van der Waals surface area (Å²) in [5.41, 5.74) is 3.08. The van der Waals surface area contributed by atoms with Crippen molar-refractivity contribution in [2.45, 2.75) is 26.8 Å². The predicted octanol–water partition coefficient (Wildman–Crippen LogP) is 4.55. The van der Waals surface area contributed by atoms with Crippen LogP contribution in [-0.4, -0.2) is 9.78 Å². The van der Waals surface area contributed by atoms with E-state index in [-0.39, 0.29) is 0 Å². The Balaban J connectivity index is 2.57. The summed E-state index contributed by atoms with van der Waals surface area (Å²) in [5.74, 6) is 0. The molecule has 0 saturated carbocycles. The van der Waals surface area contributed by atoms with Crippen molar-refractivity contribution in [1.82, 2.24) is 9.78 Å². The average Bonchev–Trinajstić information content (AvgIpc) is 2.67. The van der Waals surface area contributed by atoms with E-state index in [9.17, 15) is 0 Å². The Hall–Kier alpha value is -0.800. The van der Waals surface area contributed by atoms with Crippen molar-refractivity contribution in [2.75, 3.05) is 0 Å². The van der Waals surface area contributed by atoms with Crippen LogP contribution >= 0.6 is 27.5 Å². The molecule has 0 amide bonds. The molecule has 0 aliphatic carbocycles.